The van der Waals surface area contributed by atoms with Gasteiger partial charge in [0.15, 0.2) is 0 Å². The lowest BCUT2D eigenvalue weighted by atomic mass is 10.1. The molecule has 0 saturated carbocycles. The van der Waals surface area contributed by atoms with Gasteiger partial charge in [0, 0.05) is 13.8 Å². The third kappa shape index (κ3) is 9.85. The zero-order valence-electron chi connectivity index (χ0n) is 11.3. The fourth-order valence-electron chi connectivity index (χ4n) is 1.69. The predicted octanol–water partition coefficient (Wildman–Crippen LogP) is 2.84. The molecule has 0 radical (unpaired) electrons. The molecule has 0 aromatic rings. The lowest BCUT2D eigenvalue weighted by molar-refractivity contribution is -0.150. The first-order chi connectivity index (χ1) is 7.95. The van der Waals surface area contributed by atoms with E-state index in [9.17, 15) is 9.59 Å². The first-order valence-electron chi connectivity index (χ1n) is 6.30. The molecule has 0 amide bonds. The number of hydrogen-bond donors (Lipinski definition) is 0. The number of unbranched alkanes of at least 4 members (excludes halogenated alkanes) is 1. The summed E-state index contributed by atoms with van der Waals surface area (Å²) < 4.78 is 10.3. The number of esters is 2. The van der Waals surface area contributed by atoms with Gasteiger partial charge in [-0.15, -0.1) is 0 Å². The molecule has 4 heteroatoms. The van der Waals surface area contributed by atoms with Gasteiger partial charge in [-0.25, -0.2) is 0 Å². The van der Waals surface area contributed by atoms with E-state index in [-0.39, 0.29) is 24.1 Å². The molecule has 0 aliphatic heterocycles. The van der Waals surface area contributed by atoms with Crippen molar-refractivity contribution >= 4 is 11.9 Å². The second-order valence-corrected chi connectivity index (χ2v) is 4.37. The van der Waals surface area contributed by atoms with Crippen LogP contribution in [-0.4, -0.2) is 24.1 Å². The Morgan fingerprint density at radius 1 is 1.00 bits per heavy atom. The third-order valence-electron chi connectivity index (χ3n) is 2.47. The SMILES string of the molecule is CCCC[C@@H](CC[C@@H](C)OC(C)=O)OC(C)=O. The Bertz CT molecular complexity index is 238. The van der Waals surface area contributed by atoms with Crippen LogP contribution in [0.1, 0.15) is 59.8 Å². The average molecular weight is 244 g/mol. The molecule has 0 N–H and O–H groups in total. The molecule has 0 aliphatic rings. The number of rotatable bonds is 8. The van der Waals surface area contributed by atoms with Crippen LogP contribution in [0.3, 0.4) is 0 Å². The summed E-state index contributed by atoms with van der Waals surface area (Å²) in [6.45, 7) is 6.78. The molecule has 0 bridgehead atoms. The molecule has 0 spiro atoms. The van der Waals surface area contributed by atoms with Crippen molar-refractivity contribution in [2.24, 2.45) is 0 Å². The van der Waals surface area contributed by atoms with Crippen molar-refractivity contribution < 1.29 is 19.1 Å². The topological polar surface area (TPSA) is 52.6 Å². The molecule has 0 heterocycles. The number of ether oxygens (including phenoxy) is 2. The molecule has 4 nitrogen and oxygen atoms in total. The smallest absolute Gasteiger partial charge is 0.302 e. The molecule has 0 saturated heterocycles. The summed E-state index contributed by atoms with van der Waals surface area (Å²) in [4.78, 5) is 21.7. The zero-order chi connectivity index (χ0) is 13.3. The van der Waals surface area contributed by atoms with Crippen LogP contribution in [0.4, 0.5) is 0 Å². The Balaban J connectivity index is 3.96. The monoisotopic (exact) mass is 244 g/mol. The maximum Gasteiger partial charge on any atom is 0.302 e. The summed E-state index contributed by atoms with van der Waals surface area (Å²) >= 11 is 0. The highest BCUT2D eigenvalue weighted by atomic mass is 16.5. The lowest BCUT2D eigenvalue weighted by Crippen LogP contribution is -2.20. The normalized spacial score (nSPS) is 13.9. The van der Waals surface area contributed by atoms with Crippen LogP contribution in [0.2, 0.25) is 0 Å². The molecule has 2 atom stereocenters. The van der Waals surface area contributed by atoms with Gasteiger partial charge in [-0.2, -0.15) is 0 Å². The molecule has 0 aromatic heterocycles. The minimum absolute atomic E-state index is 0.0505. The van der Waals surface area contributed by atoms with Gasteiger partial charge < -0.3 is 9.47 Å². The van der Waals surface area contributed by atoms with E-state index >= 15 is 0 Å². The minimum Gasteiger partial charge on any atom is -0.463 e. The van der Waals surface area contributed by atoms with E-state index in [1.807, 2.05) is 6.92 Å². The van der Waals surface area contributed by atoms with Gasteiger partial charge in [-0.3, -0.25) is 9.59 Å². The minimum atomic E-state index is -0.268. The van der Waals surface area contributed by atoms with Crippen LogP contribution in [-0.2, 0) is 19.1 Å². The van der Waals surface area contributed by atoms with Gasteiger partial charge in [-0.1, -0.05) is 19.8 Å². The fraction of sp³-hybridized carbons (Fsp3) is 0.846. The maximum atomic E-state index is 10.9. The van der Waals surface area contributed by atoms with E-state index in [2.05, 4.69) is 6.92 Å². The van der Waals surface area contributed by atoms with Crippen LogP contribution in [0.5, 0.6) is 0 Å². The van der Waals surface area contributed by atoms with Crippen molar-refractivity contribution in [2.75, 3.05) is 0 Å². The van der Waals surface area contributed by atoms with E-state index < -0.39 is 0 Å². The quantitative estimate of drug-likeness (QED) is 0.616. The summed E-state index contributed by atoms with van der Waals surface area (Å²) in [6, 6.07) is 0. The number of carbonyl (C=O) groups excluding carboxylic acids is 2. The Hall–Kier alpha value is -1.06. The fourth-order valence-corrected chi connectivity index (χ4v) is 1.69. The van der Waals surface area contributed by atoms with E-state index in [0.717, 1.165) is 32.1 Å². The highest BCUT2D eigenvalue weighted by Gasteiger charge is 2.14. The molecule has 17 heavy (non-hydrogen) atoms. The van der Waals surface area contributed by atoms with Gasteiger partial charge >= 0.3 is 11.9 Å². The largest absolute Gasteiger partial charge is 0.463 e. The van der Waals surface area contributed by atoms with Crippen molar-refractivity contribution in [3.05, 3.63) is 0 Å². The van der Waals surface area contributed by atoms with Crippen molar-refractivity contribution in [3.63, 3.8) is 0 Å². The molecule has 0 aromatic carbocycles. The van der Waals surface area contributed by atoms with Crippen LogP contribution < -0.4 is 0 Å². The standard InChI is InChI=1S/C13H24O4/c1-5-6-7-13(17-12(4)15)9-8-10(2)16-11(3)14/h10,13H,5-9H2,1-4H3/t10-,13+/m1/s1. The maximum absolute atomic E-state index is 10.9. The predicted molar refractivity (Wildman–Crippen MR) is 65.5 cm³/mol. The Morgan fingerprint density at radius 3 is 2.06 bits per heavy atom. The van der Waals surface area contributed by atoms with Gasteiger partial charge in [0.1, 0.15) is 6.10 Å². The van der Waals surface area contributed by atoms with Crippen molar-refractivity contribution in [2.45, 2.75) is 72.0 Å². The molecule has 0 unspecified atom stereocenters. The Kier molecular flexibility index (Phi) is 8.46. The molecular weight excluding hydrogens is 220 g/mol. The highest BCUT2D eigenvalue weighted by Crippen LogP contribution is 2.14. The van der Waals surface area contributed by atoms with Crippen molar-refractivity contribution in [3.8, 4) is 0 Å². The molecule has 0 rings (SSSR count). The van der Waals surface area contributed by atoms with Crippen LogP contribution in [0, 0.1) is 0 Å². The Labute approximate surface area is 104 Å². The van der Waals surface area contributed by atoms with E-state index in [1.165, 1.54) is 13.8 Å². The average Bonchev–Trinajstić information content (AvgIpc) is 2.20. The van der Waals surface area contributed by atoms with Crippen LogP contribution >= 0.6 is 0 Å². The molecule has 0 fully saturated rings. The summed E-state index contributed by atoms with van der Waals surface area (Å²) in [7, 11) is 0. The van der Waals surface area contributed by atoms with Crippen molar-refractivity contribution in [1.29, 1.82) is 0 Å². The van der Waals surface area contributed by atoms with Gasteiger partial charge in [-0.05, 0) is 26.2 Å². The van der Waals surface area contributed by atoms with Crippen LogP contribution in [0.25, 0.3) is 0 Å². The summed E-state index contributed by atoms with van der Waals surface area (Å²) in [5.74, 6) is -0.513. The van der Waals surface area contributed by atoms with Crippen molar-refractivity contribution in [1.82, 2.24) is 0 Å². The zero-order valence-corrected chi connectivity index (χ0v) is 11.3. The third-order valence-corrected chi connectivity index (χ3v) is 2.47. The number of hydrogen-bond acceptors (Lipinski definition) is 4. The lowest BCUT2D eigenvalue weighted by Gasteiger charge is -2.19. The summed E-state index contributed by atoms with van der Waals surface area (Å²) in [5.41, 5.74) is 0. The summed E-state index contributed by atoms with van der Waals surface area (Å²) in [6.07, 6.45) is 4.30. The second-order valence-electron chi connectivity index (χ2n) is 4.37. The molecule has 0 aliphatic carbocycles. The summed E-state index contributed by atoms with van der Waals surface area (Å²) in [5, 5.41) is 0. The molecular formula is C13H24O4. The first-order valence-corrected chi connectivity index (χ1v) is 6.30. The van der Waals surface area contributed by atoms with Gasteiger partial charge in [0.25, 0.3) is 0 Å². The van der Waals surface area contributed by atoms with Gasteiger partial charge in [0.2, 0.25) is 0 Å². The first kappa shape index (κ1) is 15.9. The van der Waals surface area contributed by atoms with E-state index in [4.69, 9.17) is 9.47 Å². The second kappa shape index (κ2) is 9.02. The number of carbonyl (C=O) groups is 2. The van der Waals surface area contributed by atoms with Gasteiger partial charge in [0.05, 0.1) is 6.10 Å². The van der Waals surface area contributed by atoms with E-state index in [0.29, 0.717) is 0 Å². The highest BCUT2D eigenvalue weighted by molar-refractivity contribution is 5.66. The molecule has 100 valence electrons. The van der Waals surface area contributed by atoms with E-state index in [1.54, 1.807) is 0 Å². The Morgan fingerprint density at radius 2 is 1.59 bits per heavy atom. The van der Waals surface area contributed by atoms with Crippen LogP contribution in [0.15, 0.2) is 0 Å².